The van der Waals surface area contributed by atoms with E-state index >= 15 is 0 Å². The van der Waals surface area contributed by atoms with Gasteiger partial charge in [0.05, 0.1) is 6.04 Å². The number of nitrogens with one attached hydrogen (secondary N) is 1. The van der Waals surface area contributed by atoms with Crippen LogP contribution in [0.1, 0.15) is 16.5 Å². The molecule has 1 heterocycles. The number of halogens is 4. The molecule has 0 radical (unpaired) electrons. The molecular weight excluding hydrogens is 404 g/mol. The average Bonchev–Trinajstić information content (AvgIpc) is 2.58. The Hall–Kier alpha value is 0.0600. The Bertz CT molecular complexity index is 533. The van der Waals surface area contributed by atoms with Gasteiger partial charge in [-0.25, -0.2) is 4.39 Å². The van der Waals surface area contributed by atoms with Crippen molar-refractivity contribution in [3.8, 4) is 0 Å². The molecule has 1 aromatic heterocycles. The van der Waals surface area contributed by atoms with E-state index < -0.39 is 0 Å². The first-order chi connectivity index (χ1) is 8.51. The number of hydrogen-bond donors (Lipinski definition) is 1. The molecule has 0 fully saturated rings. The highest BCUT2D eigenvalue weighted by atomic mass is 79.9. The lowest BCUT2D eigenvalue weighted by molar-refractivity contribution is 0.617. The first kappa shape index (κ1) is 14.5. The number of hydrogen-bond acceptors (Lipinski definition) is 2. The molecule has 1 atom stereocenters. The van der Waals surface area contributed by atoms with Crippen molar-refractivity contribution >= 4 is 54.8 Å². The van der Waals surface area contributed by atoms with Crippen LogP contribution in [0.5, 0.6) is 0 Å². The molecule has 6 heteroatoms. The molecule has 0 bridgehead atoms. The zero-order chi connectivity index (χ0) is 13.3. The van der Waals surface area contributed by atoms with Gasteiger partial charge in [-0.05, 0) is 52.8 Å². The third-order valence-corrected chi connectivity index (χ3v) is 5.45. The number of rotatable bonds is 3. The lowest BCUT2D eigenvalue weighted by Crippen LogP contribution is -2.16. The molecule has 0 saturated carbocycles. The lowest BCUT2D eigenvalue weighted by atomic mass is 10.1. The van der Waals surface area contributed by atoms with Crippen molar-refractivity contribution < 1.29 is 4.39 Å². The molecule has 1 aromatic carbocycles. The minimum absolute atomic E-state index is 0.0780. The standard InChI is InChI=1S/C12H9Br2ClFNS/c1-17-11(10-5-9(14)12(15)18-10)6-2-7(13)4-8(16)3-6/h2-5,11,17H,1H3. The lowest BCUT2D eigenvalue weighted by Gasteiger charge is -2.15. The van der Waals surface area contributed by atoms with Crippen molar-refractivity contribution in [3.63, 3.8) is 0 Å². The van der Waals surface area contributed by atoms with Crippen LogP contribution in [0.3, 0.4) is 0 Å². The van der Waals surface area contributed by atoms with Gasteiger partial charge in [-0.1, -0.05) is 27.5 Å². The normalized spacial score (nSPS) is 12.7. The van der Waals surface area contributed by atoms with Gasteiger partial charge in [0.2, 0.25) is 0 Å². The van der Waals surface area contributed by atoms with Crippen LogP contribution in [0.4, 0.5) is 4.39 Å². The summed E-state index contributed by atoms with van der Waals surface area (Å²) in [4.78, 5) is 1.03. The van der Waals surface area contributed by atoms with E-state index in [1.54, 1.807) is 0 Å². The maximum atomic E-state index is 13.4. The summed E-state index contributed by atoms with van der Waals surface area (Å²) >= 11 is 14.2. The Morgan fingerprint density at radius 1 is 1.28 bits per heavy atom. The monoisotopic (exact) mass is 411 g/mol. The molecule has 0 aliphatic carbocycles. The molecule has 1 nitrogen and oxygen atoms in total. The summed E-state index contributed by atoms with van der Waals surface area (Å²) in [6, 6.07) is 6.73. The van der Waals surface area contributed by atoms with E-state index in [1.165, 1.54) is 23.5 Å². The Morgan fingerprint density at radius 2 is 2.00 bits per heavy atom. The summed E-state index contributed by atoms with van der Waals surface area (Å²) < 4.78 is 15.7. The third kappa shape index (κ3) is 3.14. The fourth-order valence-corrected chi connectivity index (χ4v) is 4.08. The van der Waals surface area contributed by atoms with Crippen LogP contribution in [0.25, 0.3) is 0 Å². The van der Waals surface area contributed by atoms with Crippen LogP contribution in [0, 0.1) is 5.82 Å². The Kier molecular flexibility index (Phi) is 4.83. The van der Waals surface area contributed by atoms with E-state index in [9.17, 15) is 4.39 Å². The highest BCUT2D eigenvalue weighted by Gasteiger charge is 2.17. The van der Waals surface area contributed by atoms with E-state index in [0.717, 1.165) is 19.4 Å². The van der Waals surface area contributed by atoms with Crippen molar-refractivity contribution in [2.45, 2.75) is 6.04 Å². The topological polar surface area (TPSA) is 12.0 Å². The molecule has 1 unspecified atom stereocenters. The zero-order valence-corrected chi connectivity index (χ0v) is 14.1. The Balaban J connectivity index is 2.44. The van der Waals surface area contributed by atoms with E-state index in [0.29, 0.717) is 4.34 Å². The molecule has 0 spiro atoms. The van der Waals surface area contributed by atoms with Crippen molar-refractivity contribution in [1.29, 1.82) is 0 Å². The van der Waals surface area contributed by atoms with Crippen molar-refractivity contribution in [2.24, 2.45) is 0 Å². The second kappa shape index (κ2) is 6.01. The van der Waals surface area contributed by atoms with E-state index in [-0.39, 0.29) is 11.9 Å². The molecule has 1 N–H and O–H groups in total. The average molecular weight is 414 g/mol. The summed E-state index contributed by atoms with van der Waals surface area (Å²) in [5.74, 6) is -0.263. The fourth-order valence-electron chi connectivity index (χ4n) is 1.72. The van der Waals surface area contributed by atoms with Crippen LogP contribution < -0.4 is 5.32 Å². The Morgan fingerprint density at radius 3 is 2.50 bits per heavy atom. The van der Waals surface area contributed by atoms with Crippen LogP contribution in [0.2, 0.25) is 4.34 Å². The number of thiophene rings is 1. The molecule has 0 amide bonds. The van der Waals surface area contributed by atoms with Crippen LogP contribution in [0.15, 0.2) is 33.2 Å². The third-order valence-electron chi connectivity index (χ3n) is 2.46. The fraction of sp³-hybridized carbons (Fsp3) is 0.167. The number of benzene rings is 1. The van der Waals surface area contributed by atoms with Gasteiger partial charge in [-0.3, -0.25) is 0 Å². The molecule has 2 aromatic rings. The second-order valence-corrected chi connectivity index (χ2v) is 7.15. The molecule has 0 saturated heterocycles. The van der Waals surface area contributed by atoms with Gasteiger partial charge in [0, 0.05) is 13.8 Å². The van der Waals surface area contributed by atoms with Gasteiger partial charge in [-0.15, -0.1) is 11.3 Å². The summed E-state index contributed by atoms with van der Waals surface area (Å²) in [5, 5.41) is 3.17. The van der Waals surface area contributed by atoms with Crippen molar-refractivity contribution in [1.82, 2.24) is 5.32 Å². The zero-order valence-electron chi connectivity index (χ0n) is 9.31. The van der Waals surface area contributed by atoms with Gasteiger partial charge in [0.1, 0.15) is 10.2 Å². The quantitative estimate of drug-likeness (QED) is 0.713. The first-order valence-corrected chi connectivity index (χ1v) is 7.87. The molecule has 18 heavy (non-hydrogen) atoms. The highest BCUT2D eigenvalue weighted by molar-refractivity contribution is 9.10. The smallest absolute Gasteiger partial charge is 0.124 e. The molecule has 0 aliphatic heterocycles. The highest BCUT2D eigenvalue weighted by Crippen LogP contribution is 2.37. The minimum atomic E-state index is -0.263. The van der Waals surface area contributed by atoms with Gasteiger partial charge in [-0.2, -0.15) is 0 Å². The molecule has 0 aliphatic rings. The van der Waals surface area contributed by atoms with Gasteiger partial charge >= 0.3 is 0 Å². The summed E-state index contributed by atoms with van der Waals surface area (Å²) in [7, 11) is 1.84. The van der Waals surface area contributed by atoms with E-state index in [1.807, 2.05) is 19.2 Å². The molecule has 96 valence electrons. The summed E-state index contributed by atoms with van der Waals surface area (Å²) in [5.41, 5.74) is 0.856. The van der Waals surface area contributed by atoms with Gasteiger partial charge < -0.3 is 5.32 Å². The van der Waals surface area contributed by atoms with Crippen LogP contribution in [-0.4, -0.2) is 7.05 Å². The van der Waals surface area contributed by atoms with E-state index in [4.69, 9.17) is 11.6 Å². The predicted molar refractivity (Wildman–Crippen MR) is 82.0 cm³/mol. The largest absolute Gasteiger partial charge is 0.309 e. The van der Waals surface area contributed by atoms with Gasteiger partial charge in [0.15, 0.2) is 0 Å². The first-order valence-electron chi connectivity index (χ1n) is 5.09. The summed E-state index contributed by atoms with van der Waals surface area (Å²) in [6.45, 7) is 0. The van der Waals surface area contributed by atoms with Crippen LogP contribution >= 0.6 is 54.8 Å². The minimum Gasteiger partial charge on any atom is -0.309 e. The molecular formula is C12H9Br2ClFNS. The van der Waals surface area contributed by atoms with E-state index in [2.05, 4.69) is 37.2 Å². The molecule has 2 rings (SSSR count). The SMILES string of the molecule is CNC(c1cc(F)cc(Br)c1)c1cc(Br)c(Cl)s1. The predicted octanol–water partition coefficient (Wildman–Crippen LogP) is 5.37. The Labute approximate surface area is 131 Å². The summed E-state index contributed by atoms with van der Waals surface area (Å²) in [6.07, 6.45) is 0. The second-order valence-electron chi connectivity index (χ2n) is 3.69. The maximum absolute atomic E-state index is 13.4. The van der Waals surface area contributed by atoms with Crippen molar-refractivity contribution in [3.05, 3.63) is 53.8 Å². The van der Waals surface area contributed by atoms with Crippen LogP contribution in [-0.2, 0) is 0 Å². The maximum Gasteiger partial charge on any atom is 0.124 e. The van der Waals surface area contributed by atoms with Crippen molar-refractivity contribution in [2.75, 3.05) is 7.05 Å². The van der Waals surface area contributed by atoms with Gasteiger partial charge in [0.25, 0.3) is 0 Å².